The molecule has 5 nitrogen and oxygen atoms in total. The zero-order valence-corrected chi connectivity index (χ0v) is 12.9. The molecule has 0 aliphatic carbocycles. The highest BCUT2D eigenvalue weighted by atomic mass is 16.5. The van der Waals surface area contributed by atoms with Gasteiger partial charge in [0.1, 0.15) is 18.1 Å². The summed E-state index contributed by atoms with van der Waals surface area (Å²) in [5.74, 6) is 1.65. The maximum Gasteiger partial charge on any atom is 0.132 e. The van der Waals surface area contributed by atoms with Crippen LogP contribution in [0.3, 0.4) is 0 Å². The smallest absolute Gasteiger partial charge is 0.132 e. The fourth-order valence-corrected chi connectivity index (χ4v) is 2.07. The summed E-state index contributed by atoms with van der Waals surface area (Å²) in [4.78, 5) is 0. The molecule has 2 aromatic rings. The molecule has 0 amide bonds. The average Bonchev–Trinajstić information content (AvgIpc) is 2.95. The van der Waals surface area contributed by atoms with Crippen LogP contribution in [0.15, 0.2) is 30.5 Å². The van der Waals surface area contributed by atoms with E-state index in [1.54, 1.807) is 7.11 Å². The van der Waals surface area contributed by atoms with Gasteiger partial charge in [0.2, 0.25) is 0 Å². The summed E-state index contributed by atoms with van der Waals surface area (Å²) in [7, 11) is 1.65. The second-order valence-electron chi connectivity index (χ2n) is 5.18. The summed E-state index contributed by atoms with van der Waals surface area (Å²) in [6, 6.07) is 8.11. The summed E-state index contributed by atoms with van der Waals surface area (Å²) in [5, 5.41) is 4.48. The molecule has 2 N–H and O–H groups in total. The van der Waals surface area contributed by atoms with E-state index in [1.165, 1.54) is 0 Å². The van der Waals surface area contributed by atoms with Crippen molar-refractivity contribution in [2.24, 2.45) is 5.73 Å². The number of rotatable bonds is 7. The van der Waals surface area contributed by atoms with Gasteiger partial charge in [-0.1, -0.05) is 0 Å². The van der Waals surface area contributed by atoms with Crippen molar-refractivity contribution in [1.29, 1.82) is 0 Å². The summed E-state index contributed by atoms with van der Waals surface area (Å²) >= 11 is 0. The Kier molecular flexibility index (Phi) is 5.22. The monoisotopic (exact) mass is 289 g/mol. The highest BCUT2D eigenvalue weighted by Gasteiger charge is 2.07. The van der Waals surface area contributed by atoms with Gasteiger partial charge >= 0.3 is 0 Å². The fraction of sp³-hybridized carbons (Fsp3) is 0.438. The van der Waals surface area contributed by atoms with Gasteiger partial charge in [0, 0.05) is 12.2 Å². The number of methoxy groups -OCH3 is 1. The van der Waals surface area contributed by atoms with Gasteiger partial charge in [0.15, 0.2) is 0 Å². The number of benzene rings is 1. The first-order valence-corrected chi connectivity index (χ1v) is 7.18. The van der Waals surface area contributed by atoms with Crippen LogP contribution in [0, 0.1) is 0 Å². The molecule has 0 bridgehead atoms. The highest BCUT2D eigenvalue weighted by molar-refractivity contribution is 5.40. The molecule has 21 heavy (non-hydrogen) atoms. The Labute approximate surface area is 125 Å². The van der Waals surface area contributed by atoms with E-state index >= 15 is 0 Å². The van der Waals surface area contributed by atoms with Crippen LogP contribution in [0.5, 0.6) is 11.5 Å². The van der Waals surface area contributed by atoms with Crippen LogP contribution in [0.4, 0.5) is 0 Å². The van der Waals surface area contributed by atoms with Crippen molar-refractivity contribution in [3.8, 4) is 11.5 Å². The summed E-state index contributed by atoms with van der Waals surface area (Å²) < 4.78 is 13.0. The molecule has 0 fully saturated rings. The number of nitrogens with two attached hydrogens (primary N) is 1. The molecular weight excluding hydrogens is 266 g/mol. The van der Waals surface area contributed by atoms with Crippen molar-refractivity contribution >= 4 is 0 Å². The van der Waals surface area contributed by atoms with Gasteiger partial charge in [-0.2, -0.15) is 5.10 Å². The van der Waals surface area contributed by atoms with Crippen LogP contribution in [0.25, 0.3) is 0 Å². The second-order valence-corrected chi connectivity index (χ2v) is 5.18. The maximum atomic E-state index is 5.88. The van der Waals surface area contributed by atoms with Crippen molar-refractivity contribution in [3.63, 3.8) is 0 Å². The Hall–Kier alpha value is -2.01. The van der Waals surface area contributed by atoms with E-state index in [1.807, 2.05) is 35.1 Å². The van der Waals surface area contributed by atoms with Gasteiger partial charge in [0.25, 0.3) is 0 Å². The summed E-state index contributed by atoms with van der Waals surface area (Å²) in [6.07, 6.45) is 2.73. The molecule has 0 atom stereocenters. The number of hydrogen-bond donors (Lipinski definition) is 1. The maximum absolute atomic E-state index is 5.88. The number of nitrogens with zero attached hydrogens (tertiary/aromatic N) is 2. The Morgan fingerprint density at radius 1 is 1.29 bits per heavy atom. The van der Waals surface area contributed by atoms with E-state index in [-0.39, 0.29) is 0 Å². The molecule has 0 saturated heterocycles. The Morgan fingerprint density at radius 3 is 2.71 bits per heavy atom. The Bertz CT molecular complexity index is 579. The van der Waals surface area contributed by atoms with E-state index in [0.717, 1.165) is 29.2 Å². The molecule has 1 aromatic carbocycles. The average molecular weight is 289 g/mol. The van der Waals surface area contributed by atoms with Gasteiger partial charge in [0.05, 0.1) is 12.8 Å². The van der Waals surface area contributed by atoms with Crippen LogP contribution < -0.4 is 15.2 Å². The first-order chi connectivity index (χ1) is 10.1. The first-order valence-electron chi connectivity index (χ1n) is 7.18. The topological polar surface area (TPSA) is 62.3 Å². The minimum atomic E-state index is 0.354. The van der Waals surface area contributed by atoms with Crippen molar-refractivity contribution in [3.05, 3.63) is 41.7 Å². The number of ether oxygens (including phenoxy) is 2. The van der Waals surface area contributed by atoms with Crippen LogP contribution >= 0.6 is 0 Å². The normalized spacial score (nSPS) is 10.9. The SMILES string of the molecule is COc1ccc(OCc2ccn(C(C)C)n2)c(CCN)c1. The lowest BCUT2D eigenvalue weighted by molar-refractivity contribution is 0.295. The number of hydrogen-bond acceptors (Lipinski definition) is 4. The van der Waals surface area contributed by atoms with E-state index in [4.69, 9.17) is 15.2 Å². The quantitative estimate of drug-likeness (QED) is 0.851. The Balaban J connectivity index is 2.07. The third-order valence-electron chi connectivity index (χ3n) is 3.25. The zero-order chi connectivity index (χ0) is 15.2. The predicted molar refractivity (Wildman–Crippen MR) is 82.7 cm³/mol. The molecule has 114 valence electrons. The molecular formula is C16H23N3O2. The second kappa shape index (κ2) is 7.13. The van der Waals surface area contributed by atoms with Gasteiger partial charge in [-0.25, -0.2) is 0 Å². The van der Waals surface area contributed by atoms with E-state index in [2.05, 4.69) is 18.9 Å². The molecule has 0 spiro atoms. The molecule has 0 saturated carbocycles. The zero-order valence-electron chi connectivity index (χ0n) is 12.9. The largest absolute Gasteiger partial charge is 0.497 e. The van der Waals surface area contributed by atoms with Crippen molar-refractivity contribution < 1.29 is 9.47 Å². The third-order valence-corrected chi connectivity index (χ3v) is 3.25. The molecule has 5 heteroatoms. The van der Waals surface area contributed by atoms with Gasteiger partial charge < -0.3 is 15.2 Å². The van der Waals surface area contributed by atoms with Gasteiger partial charge in [-0.15, -0.1) is 0 Å². The van der Waals surface area contributed by atoms with E-state index in [9.17, 15) is 0 Å². The molecule has 2 rings (SSSR count). The molecule has 1 heterocycles. The van der Waals surface area contributed by atoms with Crippen LogP contribution in [-0.2, 0) is 13.0 Å². The first kappa shape index (κ1) is 15.4. The Morgan fingerprint density at radius 2 is 2.10 bits per heavy atom. The van der Waals surface area contributed by atoms with Crippen LogP contribution in [0.1, 0.15) is 31.1 Å². The molecule has 0 aliphatic heterocycles. The predicted octanol–water partition coefficient (Wildman–Crippen LogP) is 2.55. The summed E-state index contributed by atoms with van der Waals surface area (Å²) in [6.45, 7) is 5.22. The van der Waals surface area contributed by atoms with E-state index < -0.39 is 0 Å². The van der Waals surface area contributed by atoms with Gasteiger partial charge in [-0.3, -0.25) is 4.68 Å². The minimum absolute atomic E-state index is 0.354. The van der Waals surface area contributed by atoms with E-state index in [0.29, 0.717) is 19.2 Å². The standard InChI is InChI=1S/C16H23N3O2/c1-12(2)19-9-7-14(18-19)11-21-16-5-4-15(20-3)10-13(16)6-8-17/h4-5,7,9-10,12H,6,8,11,17H2,1-3H3. The molecule has 0 radical (unpaired) electrons. The lowest BCUT2D eigenvalue weighted by atomic mass is 10.1. The lowest BCUT2D eigenvalue weighted by Crippen LogP contribution is -2.07. The van der Waals surface area contributed by atoms with Crippen molar-refractivity contribution in [2.45, 2.75) is 32.9 Å². The fourth-order valence-electron chi connectivity index (χ4n) is 2.07. The van der Waals surface area contributed by atoms with Crippen LogP contribution in [0.2, 0.25) is 0 Å². The lowest BCUT2D eigenvalue weighted by Gasteiger charge is -2.12. The highest BCUT2D eigenvalue weighted by Crippen LogP contribution is 2.25. The van der Waals surface area contributed by atoms with Crippen molar-refractivity contribution in [1.82, 2.24) is 9.78 Å². The summed E-state index contributed by atoms with van der Waals surface area (Å²) in [5.41, 5.74) is 7.62. The van der Waals surface area contributed by atoms with Gasteiger partial charge in [-0.05, 0) is 56.6 Å². The minimum Gasteiger partial charge on any atom is -0.497 e. The number of aromatic nitrogens is 2. The van der Waals surface area contributed by atoms with Crippen LogP contribution in [-0.4, -0.2) is 23.4 Å². The molecule has 1 aromatic heterocycles. The van der Waals surface area contributed by atoms with Crippen molar-refractivity contribution in [2.75, 3.05) is 13.7 Å². The molecule has 0 aliphatic rings. The third kappa shape index (κ3) is 3.98. The molecule has 0 unspecified atom stereocenters.